The number of rotatable bonds is 4. The van der Waals surface area contributed by atoms with E-state index in [4.69, 9.17) is 11.6 Å². The van der Waals surface area contributed by atoms with Crippen molar-refractivity contribution >= 4 is 23.1 Å². The Bertz CT molecular complexity index is 664. The van der Waals surface area contributed by atoms with Gasteiger partial charge in [-0.05, 0) is 31.2 Å². The van der Waals surface area contributed by atoms with E-state index in [1.807, 2.05) is 6.92 Å². The quantitative estimate of drug-likeness (QED) is 0.686. The average molecular weight is 296 g/mol. The number of pyridine rings is 1. The molecule has 0 aliphatic rings. The lowest BCUT2D eigenvalue weighted by atomic mass is 10.1. The van der Waals surface area contributed by atoms with Gasteiger partial charge in [-0.25, -0.2) is 9.37 Å². The predicted octanol–water partition coefficient (Wildman–Crippen LogP) is 3.88. The van der Waals surface area contributed by atoms with Crippen LogP contribution in [0.3, 0.4) is 0 Å². The lowest BCUT2D eigenvalue weighted by molar-refractivity contribution is -0.384. The van der Waals surface area contributed by atoms with Gasteiger partial charge in [-0.1, -0.05) is 11.6 Å². The molecule has 0 unspecified atom stereocenters. The van der Waals surface area contributed by atoms with Crippen LogP contribution < -0.4 is 5.32 Å². The lowest BCUT2D eigenvalue weighted by Gasteiger charge is -2.07. The molecule has 2 aromatic rings. The highest BCUT2D eigenvalue weighted by molar-refractivity contribution is 6.31. The first-order valence-electron chi connectivity index (χ1n) is 5.87. The van der Waals surface area contributed by atoms with Gasteiger partial charge >= 0.3 is 0 Å². The average Bonchev–Trinajstić information content (AvgIpc) is 2.42. The Balaban J connectivity index is 2.59. The van der Waals surface area contributed by atoms with Crippen LogP contribution in [0.1, 0.15) is 6.92 Å². The van der Waals surface area contributed by atoms with Gasteiger partial charge in [0, 0.05) is 18.2 Å². The molecule has 0 saturated heterocycles. The molecule has 0 fully saturated rings. The van der Waals surface area contributed by atoms with Gasteiger partial charge in [0.25, 0.3) is 5.69 Å². The van der Waals surface area contributed by atoms with Gasteiger partial charge in [0.05, 0.1) is 9.95 Å². The summed E-state index contributed by atoms with van der Waals surface area (Å²) in [5, 5.41) is 13.9. The summed E-state index contributed by atoms with van der Waals surface area (Å²) < 4.78 is 13.2. The Morgan fingerprint density at radius 3 is 2.75 bits per heavy atom. The second kappa shape index (κ2) is 5.83. The summed E-state index contributed by atoms with van der Waals surface area (Å²) in [5.74, 6) is -0.0746. The summed E-state index contributed by atoms with van der Waals surface area (Å²) in [6.45, 7) is 2.52. The minimum Gasteiger partial charge on any atom is -0.370 e. The summed E-state index contributed by atoms with van der Waals surface area (Å²) in [4.78, 5) is 14.7. The second-order valence-electron chi connectivity index (χ2n) is 3.98. The molecule has 1 heterocycles. The minimum atomic E-state index is -0.582. The fourth-order valence-corrected chi connectivity index (χ4v) is 1.92. The van der Waals surface area contributed by atoms with Gasteiger partial charge in [-0.15, -0.1) is 0 Å². The summed E-state index contributed by atoms with van der Waals surface area (Å²) in [6.07, 6.45) is 0. The third-order valence-corrected chi connectivity index (χ3v) is 2.91. The van der Waals surface area contributed by atoms with E-state index in [0.29, 0.717) is 17.9 Å². The van der Waals surface area contributed by atoms with Crippen LogP contribution in [-0.4, -0.2) is 16.5 Å². The van der Waals surface area contributed by atoms with Crippen molar-refractivity contribution in [2.24, 2.45) is 0 Å². The van der Waals surface area contributed by atoms with Crippen molar-refractivity contribution in [2.45, 2.75) is 6.92 Å². The molecule has 104 valence electrons. The number of nitrogens with one attached hydrogen (secondary N) is 1. The number of benzene rings is 1. The molecule has 0 amide bonds. The summed E-state index contributed by atoms with van der Waals surface area (Å²) in [7, 11) is 0. The normalized spacial score (nSPS) is 10.3. The third-order valence-electron chi connectivity index (χ3n) is 2.62. The smallest absolute Gasteiger partial charge is 0.295 e. The molecule has 0 aliphatic carbocycles. The maximum atomic E-state index is 13.2. The molecule has 1 aromatic heterocycles. The van der Waals surface area contributed by atoms with Crippen LogP contribution in [0.5, 0.6) is 0 Å². The zero-order chi connectivity index (χ0) is 14.7. The van der Waals surface area contributed by atoms with E-state index in [9.17, 15) is 14.5 Å². The highest BCUT2D eigenvalue weighted by Gasteiger charge is 2.18. The van der Waals surface area contributed by atoms with Crippen molar-refractivity contribution in [3.63, 3.8) is 0 Å². The van der Waals surface area contributed by atoms with E-state index in [1.165, 1.54) is 24.3 Å². The molecule has 5 nitrogen and oxygen atoms in total. The SMILES string of the molecule is CCNc1ccc([N+](=O)[O-])c(-c2ccc(F)c(Cl)c2)n1. The van der Waals surface area contributed by atoms with Crippen molar-refractivity contribution in [1.29, 1.82) is 0 Å². The third kappa shape index (κ3) is 2.85. The van der Waals surface area contributed by atoms with Crippen LogP contribution in [-0.2, 0) is 0 Å². The summed E-state index contributed by atoms with van der Waals surface area (Å²) >= 11 is 5.71. The molecule has 1 aromatic carbocycles. The molecule has 20 heavy (non-hydrogen) atoms. The van der Waals surface area contributed by atoms with Crippen molar-refractivity contribution in [1.82, 2.24) is 4.98 Å². The maximum absolute atomic E-state index is 13.2. The Morgan fingerprint density at radius 2 is 2.15 bits per heavy atom. The molecule has 2 rings (SSSR count). The van der Waals surface area contributed by atoms with Gasteiger partial charge in [0.1, 0.15) is 11.6 Å². The van der Waals surface area contributed by atoms with Gasteiger partial charge in [0.15, 0.2) is 5.69 Å². The first-order valence-corrected chi connectivity index (χ1v) is 6.25. The van der Waals surface area contributed by atoms with E-state index in [1.54, 1.807) is 0 Å². The fourth-order valence-electron chi connectivity index (χ4n) is 1.73. The monoisotopic (exact) mass is 295 g/mol. The van der Waals surface area contributed by atoms with E-state index in [0.717, 1.165) is 6.07 Å². The van der Waals surface area contributed by atoms with Gasteiger partial charge in [-0.2, -0.15) is 0 Å². The number of hydrogen-bond acceptors (Lipinski definition) is 4. The number of hydrogen-bond donors (Lipinski definition) is 1. The molecule has 0 spiro atoms. The molecule has 0 bridgehead atoms. The molecule has 0 saturated carbocycles. The van der Waals surface area contributed by atoms with Crippen LogP contribution in [0, 0.1) is 15.9 Å². The molecule has 7 heteroatoms. The highest BCUT2D eigenvalue weighted by Crippen LogP contribution is 2.31. The lowest BCUT2D eigenvalue weighted by Crippen LogP contribution is -2.02. The Morgan fingerprint density at radius 1 is 1.40 bits per heavy atom. The largest absolute Gasteiger partial charge is 0.370 e. The standard InChI is InChI=1S/C13H11ClFN3O2/c1-2-16-12-6-5-11(18(19)20)13(17-12)8-3-4-10(15)9(14)7-8/h3-7H,2H2,1H3,(H,16,17). The Kier molecular flexibility index (Phi) is 4.14. The van der Waals surface area contributed by atoms with E-state index < -0.39 is 10.7 Å². The maximum Gasteiger partial charge on any atom is 0.295 e. The van der Waals surface area contributed by atoms with Crippen LogP contribution in [0.4, 0.5) is 15.9 Å². The first kappa shape index (κ1) is 14.2. The van der Waals surface area contributed by atoms with Crippen LogP contribution in [0.15, 0.2) is 30.3 Å². The number of nitrogens with zero attached hydrogens (tertiary/aromatic N) is 2. The van der Waals surface area contributed by atoms with Crippen LogP contribution in [0.25, 0.3) is 11.3 Å². The second-order valence-corrected chi connectivity index (χ2v) is 4.39. The van der Waals surface area contributed by atoms with E-state index in [2.05, 4.69) is 10.3 Å². The minimum absolute atomic E-state index is 0.104. The zero-order valence-electron chi connectivity index (χ0n) is 10.6. The number of halogens is 2. The van der Waals surface area contributed by atoms with Crippen LogP contribution >= 0.6 is 11.6 Å². The molecular weight excluding hydrogens is 285 g/mol. The number of aromatic nitrogens is 1. The number of nitro groups is 1. The predicted molar refractivity (Wildman–Crippen MR) is 75.5 cm³/mol. The summed E-state index contributed by atoms with van der Waals surface area (Å²) in [6, 6.07) is 6.77. The fraction of sp³-hybridized carbons (Fsp3) is 0.154. The van der Waals surface area contributed by atoms with E-state index in [-0.39, 0.29) is 16.4 Å². The Labute approximate surface area is 119 Å². The molecule has 0 radical (unpaired) electrons. The van der Waals surface area contributed by atoms with Gasteiger partial charge < -0.3 is 5.32 Å². The number of anilines is 1. The van der Waals surface area contributed by atoms with Crippen LogP contribution in [0.2, 0.25) is 5.02 Å². The molecule has 0 atom stereocenters. The van der Waals surface area contributed by atoms with Gasteiger partial charge in [0.2, 0.25) is 0 Å². The Hall–Kier alpha value is -2.21. The first-order chi connectivity index (χ1) is 9.52. The van der Waals surface area contributed by atoms with Crippen molar-refractivity contribution in [2.75, 3.05) is 11.9 Å². The van der Waals surface area contributed by atoms with E-state index >= 15 is 0 Å². The van der Waals surface area contributed by atoms with Crippen molar-refractivity contribution < 1.29 is 9.31 Å². The van der Waals surface area contributed by atoms with Crippen molar-refractivity contribution in [3.05, 3.63) is 51.3 Å². The molecular formula is C13H11ClFN3O2. The molecule has 0 aliphatic heterocycles. The summed E-state index contributed by atoms with van der Waals surface area (Å²) in [5.41, 5.74) is 0.382. The molecule has 1 N–H and O–H groups in total. The topological polar surface area (TPSA) is 68.1 Å². The highest BCUT2D eigenvalue weighted by atomic mass is 35.5. The van der Waals surface area contributed by atoms with Gasteiger partial charge in [-0.3, -0.25) is 10.1 Å². The zero-order valence-corrected chi connectivity index (χ0v) is 11.3. The van der Waals surface area contributed by atoms with Crippen molar-refractivity contribution in [3.8, 4) is 11.3 Å².